The van der Waals surface area contributed by atoms with Crippen molar-refractivity contribution in [1.82, 2.24) is 0 Å². The van der Waals surface area contributed by atoms with Crippen molar-refractivity contribution in [2.24, 2.45) is 10.9 Å². The molecule has 0 saturated carbocycles. The highest BCUT2D eigenvalue weighted by Crippen LogP contribution is 2.41. The van der Waals surface area contributed by atoms with Gasteiger partial charge in [0.15, 0.2) is 15.0 Å². The number of rotatable bonds is 4. The largest absolute Gasteiger partial charge is 0.316 e. The van der Waals surface area contributed by atoms with Gasteiger partial charge in [0.25, 0.3) is 5.91 Å². The Kier molecular flexibility index (Phi) is 5.01. The number of sulfone groups is 1. The van der Waals surface area contributed by atoms with Crippen LogP contribution < -0.4 is 4.90 Å². The Morgan fingerprint density at radius 3 is 2.54 bits per heavy atom. The van der Waals surface area contributed by atoms with Crippen LogP contribution in [0.5, 0.6) is 0 Å². The number of fused-ring (bicyclic) bond motifs is 1. The van der Waals surface area contributed by atoms with Crippen molar-refractivity contribution in [1.29, 1.82) is 0 Å². The van der Waals surface area contributed by atoms with Gasteiger partial charge in [0.05, 0.1) is 17.5 Å². The van der Waals surface area contributed by atoms with Gasteiger partial charge in [-0.05, 0) is 25.0 Å². The number of amides is 1. The maximum atomic E-state index is 12.4. The number of hydrogen-bond donors (Lipinski definition) is 0. The summed E-state index contributed by atoms with van der Waals surface area (Å²) in [6.07, 6.45) is 1.53. The van der Waals surface area contributed by atoms with Crippen LogP contribution in [0.25, 0.3) is 0 Å². The highest BCUT2D eigenvalue weighted by atomic mass is 32.2. The Hall–Kier alpha value is -1.34. The van der Waals surface area contributed by atoms with Crippen molar-refractivity contribution >= 4 is 38.4 Å². The molecule has 0 aliphatic carbocycles. The van der Waals surface area contributed by atoms with Crippen molar-refractivity contribution < 1.29 is 13.2 Å². The van der Waals surface area contributed by atoms with Gasteiger partial charge in [0.2, 0.25) is 0 Å². The molecule has 2 atom stereocenters. The number of hydrogen-bond acceptors (Lipinski definition) is 4. The number of nitrogens with zero attached hydrogens (tertiary/aromatic N) is 2. The first-order chi connectivity index (χ1) is 11.4. The van der Waals surface area contributed by atoms with Crippen molar-refractivity contribution in [3.05, 3.63) is 30.3 Å². The summed E-state index contributed by atoms with van der Waals surface area (Å²) in [6, 6.07) is 9.47. The SMILES string of the molecule is CCC(CC)C(=O)N=C1S[C@@H]2CS(=O)(=O)C[C@@H]2N1c1ccccc1. The first-order valence-electron chi connectivity index (χ1n) is 8.29. The first kappa shape index (κ1) is 17.5. The minimum absolute atomic E-state index is 0.0524. The molecule has 2 heterocycles. The number of carbonyl (C=O) groups is 1. The molecule has 0 radical (unpaired) electrons. The van der Waals surface area contributed by atoms with E-state index in [-0.39, 0.29) is 34.6 Å². The van der Waals surface area contributed by atoms with Gasteiger partial charge in [-0.1, -0.05) is 43.8 Å². The smallest absolute Gasteiger partial charge is 0.251 e. The molecule has 2 aliphatic heterocycles. The lowest BCUT2D eigenvalue weighted by atomic mass is 10.0. The van der Waals surface area contributed by atoms with Gasteiger partial charge >= 0.3 is 0 Å². The lowest BCUT2D eigenvalue weighted by Crippen LogP contribution is -2.37. The highest BCUT2D eigenvalue weighted by molar-refractivity contribution is 8.16. The number of carbonyl (C=O) groups excluding carboxylic acids is 1. The van der Waals surface area contributed by atoms with Crippen molar-refractivity contribution in [2.75, 3.05) is 16.4 Å². The minimum Gasteiger partial charge on any atom is -0.316 e. The van der Waals surface area contributed by atoms with E-state index in [0.29, 0.717) is 5.17 Å². The summed E-state index contributed by atoms with van der Waals surface area (Å²) in [5.41, 5.74) is 0.894. The fraction of sp³-hybridized carbons (Fsp3) is 0.529. The Labute approximate surface area is 147 Å². The van der Waals surface area contributed by atoms with Crippen LogP contribution in [-0.4, -0.2) is 42.3 Å². The number of aliphatic imine (C=N–C) groups is 1. The van der Waals surface area contributed by atoms with Crippen molar-refractivity contribution in [3.8, 4) is 0 Å². The summed E-state index contributed by atoms with van der Waals surface area (Å²) in [6.45, 7) is 3.98. The van der Waals surface area contributed by atoms with E-state index in [1.54, 1.807) is 0 Å². The lowest BCUT2D eigenvalue weighted by Gasteiger charge is -2.24. The van der Waals surface area contributed by atoms with Crippen LogP contribution in [0.1, 0.15) is 26.7 Å². The standard InChI is InChI=1S/C17H22N2O3S2/c1-3-12(4-2)16(20)18-17-19(13-8-6-5-7-9-13)14-10-24(21,22)11-15(14)23-17/h5-9,12,14-15H,3-4,10-11H2,1-2H3/t14-,15+/m0/s1. The van der Waals surface area contributed by atoms with Crippen LogP contribution >= 0.6 is 11.8 Å². The molecule has 3 rings (SSSR count). The average Bonchev–Trinajstić information content (AvgIpc) is 3.00. The fourth-order valence-electron chi connectivity index (χ4n) is 3.28. The van der Waals surface area contributed by atoms with E-state index in [4.69, 9.17) is 0 Å². The maximum absolute atomic E-state index is 12.4. The molecule has 1 amide bonds. The zero-order valence-electron chi connectivity index (χ0n) is 13.9. The van der Waals surface area contributed by atoms with E-state index in [1.165, 1.54) is 11.8 Å². The Morgan fingerprint density at radius 1 is 1.25 bits per heavy atom. The number of para-hydroxylation sites is 1. The Morgan fingerprint density at radius 2 is 1.92 bits per heavy atom. The second-order valence-electron chi connectivity index (χ2n) is 6.25. The molecule has 0 N–H and O–H groups in total. The molecular formula is C17H22N2O3S2. The van der Waals surface area contributed by atoms with Crippen LogP contribution in [0.3, 0.4) is 0 Å². The summed E-state index contributed by atoms with van der Waals surface area (Å²) in [5.74, 6) is 0.105. The van der Waals surface area contributed by atoms with E-state index >= 15 is 0 Å². The van der Waals surface area contributed by atoms with Gasteiger partial charge < -0.3 is 4.90 Å². The number of benzene rings is 1. The summed E-state index contributed by atoms with van der Waals surface area (Å²) in [7, 11) is -3.03. The summed E-state index contributed by atoms with van der Waals surface area (Å²) < 4.78 is 24.0. The molecule has 0 bridgehead atoms. The third kappa shape index (κ3) is 3.37. The van der Waals surface area contributed by atoms with E-state index in [2.05, 4.69) is 4.99 Å². The topological polar surface area (TPSA) is 66.8 Å². The monoisotopic (exact) mass is 366 g/mol. The van der Waals surface area contributed by atoms with Crippen LogP contribution in [0.15, 0.2) is 35.3 Å². The molecular weight excluding hydrogens is 344 g/mol. The Balaban J connectivity index is 1.96. The van der Waals surface area contributed by atoms with Crippen LogP contribution in [0, 0.1) is 5.92 Å². The molecule has 5 nitrogen and oxygen atoms in total. The van der Waals surface area contributed by atoms with Gasteiger partial charge in [-0.25, -0.2) is 8.42 Å². The second-order valence-corrected chi connectivity index (χ2v) is 9.61. The first-order valence-corrected chi connectivity index (χ1v) is 11.0. The molecule has 0 spiro atoms. The zero-order chi connectivity index (χ0) is 17.3. The van der Waals surface area contributed by atoms with Gasteiger partial charge in [0, 0.05) is 16.9 Å². The molecule has 0 aromatic heterocycles. The number of anilines is 1. The van der Waals surface area contributed by atoms with Crippen LogP contribution in [-0.2, 0) is 14.6 Å². The van der Waals surface area contributed by atoms with E-state index in [0.717, 1.165) is 18.5 Å². The maximum Gasteiger partial charge on any atom is 0.251 e. The van der Waals surface area contributed by atoms with E-state index in [9.17, 15) is 13.2 Å². The van der Waals surface area contributed by atoms with Gasteiger partial charge in [-0.2, -0.15) is 4.99 Å². The number of amidine groups is 1. The summed E-state index contributed by atoms with van der Waals surface area (Å²) >= 11 is 1.43. The highest BCUT2D eigenvalue weighted by Gasteiger charge is 2.49. The third-order valence-electron chi connectivity index (χ3n) is 4.64. The quantitative estimate of drug-likeness (QED) is 0.820. The molecule has 2 fully saturated rings. The molecule has 7 heteroatoms. The second kappa shape index (κ2) is 6.88. The van der Waals surface area contributed by atoms with Gasteiger partial charge in [-0.3, -0.25) is 4.79 Å². The molecule has 1 aromatic carbocycles. The number of thioether (sulfide) groups is 1. The molecule has 24 heavy (non-hydrogen) atoms. The van der Waals surface area contributed by atoms with Gasteiger partial charge in [0.1, 0.15) is 0 Å². The average molecular weight is 367 g/mol. The molecule has 2 saturated heterocycles. The normalized spacial score (nSPS) is 27.0. The predicted octanol–water partition coefficient (Wildman–Crippen LogP) is 2.72. The van der Waals surface area contributed by atoms with Crippen molar-refractivity contribution in [2.45, 2.75) is 38.0 Å². The summed E-state index contributed by atoms with van der Waals surface area (Å²) in [4.78, 5) is 18.8. The molecule has 2 aliphatic rings. The Bertz CT molecular complexity index is 742. The van der Waals surface area contributed by atoms with Crippen LogP contribution in [0.2, 0.25) is 0 Å². The van der Waals surface area contributed by atoms with E-state index in [1.807, 2.05) is 49.1 Å². The molecule has 130 valence electrons. The van der Waals surface area contributed by atoms with Gasteiger partial charge in [-0.15, -0.1) is 0 Å². The molecule has 0 unspecified atom stereocenters. The summed E-state index contributed by atoms with van der Waals surface area (Å²) in [5, 5.41) is 0.589. The van der Waals surface area contributed by atoms with Crippen molar-refractivity contribution in [3.63, 3.8) is 0 Å². The zero-order valence-corrected chi connectivity index (χ0v) is 15.5. The molecule has 1 aromatic rings. The predicted molar refractivity (Wildman–Crippen MR) is 99.3 cm³/mol. The lowest BCUT2D eigenvalue weighted by molar-refractivity contribution is -0.121. The fourth-order valence-corrected chi connectivity index (χ4v) is 7.20. The third-order valence-corrected chi connectivity index (χ3v) is 7.85. The van der Waals surface area contributed by atoms with E-state index < -0.39 is 9.84 Å². The minimum atomic E-state index is -3.03. The van der Waals surface area contributed by atoms with Crippen LogP contribution in [0.4, 0.5) is 5.69 Å².